The average molecular weight is 531 g/mol. The predicted molar refractivity (Wildman–Crippen MR) is 151 cm³/mol. The number of rotatable bonds is 11. The van der Waals surface area contributed by atoms with Gasteiger partial charge in [-0.2, -0.15) is 0 Å². The van der Waals surface area contributed by atoms with Gasteiger partial charge in [-0.25, -0.2) is 9.59 Å². The van der Waals surface area contributed by atoms with Crippen molar-refractivity contribution in [2.45, 2.75) is 84.7 Å². The molecule has 0 atom stereocenters. The summed E-state index contributed by atoms with van der Waals surface area (Å²) in [5.74, 6) is -1.21. The molecular weight excluding hydrogens is 492 g/mol. The molecule has 6 nitrogen and oxygen atoms in total. The first-order valence-electron chi connectivity index (χ1n) is 14.0. The van der Waals surface area contributed by atoms with Gasteiger partial charge in [0.25, 0.3) is 0 Å². The summed E-state index contributed by atoms with van der Waals surface area (Å²) in [6, 6.07) is 11.9. The van der Waals surface area contributed by atoms with E-state index in [1.165, 1.54) is 12.1 Å². The number of carbonyl (C=O) groups is 2. The molecule has 0 radical (unpaired) electrons. The first-order valence-corrected chi connectivity index (χ1v) is 14.0. The molecule has 0 bridgehead atoms. The minimum Gasteiger partial charge on any atom is -0.508 e. The summed E-state index contributed by atoms with van der Waals surface area (Å²) in [4.78, 5) is 25.6. The largest absolute Gasteiger partial charge is 0.508 e. The second-order valence-electron chi connectivity index (χ2n) is 10.4. The molecule has 1 heterocycles. The summed E-state index contributed by atoms with van der Waals surface area (Å²) in [6.45, 7) is 8.17. The Labute approximate surface area is 230 Å². The summed E-state index contributed by atoms with van der Waals surface area (Å²) in [6.07, 6.45) is 5.75. The molecule has 0 spiro atoms. The van der Waals surface area contributed by atoms with Crippen LogP contribution in [0.3, 0.4) is 0 Å². The third-order valence-corrected chi connectivity index (χ3v) is 7.56. The van der Waals surface area contributed by atoms with Gasteiger partial charge in [0.1, 0.15) is 11.5 Å². The summed E-state index contributed by atoms with van der Waals surface area (Å²) in [5.41, 5.74) is 4.04. The Morgan fingerprint density at radius 3 is 1.59 bits per heavy atom. The van der Waals surface area contributed by atoms with Gasteiger partial charge in [0.15, 0.2) is 5.60 Å². The highest BCUT2D eigenvalue weighted by Crippen LogP contribution is 2.51. The van der Waals surface area contributed by atoms with Gasteiger partial charge in [-0.15, -0.1) is 0 Å². The lowest BCUT2D eigenvalue weighted by Crippen LogP contribution is -2.33. The maximum Gasteiger partial charge on any atom is 0.340 e. The van der Waals surface area contributed by atoms with Crippen molar-refractivity contribution in [3.05, 3.63) is 92.5 Å². The number of ether oxygens (including phenoxy) is 1. The zero-order valence-corrected chi connectivity index (χ0v) is 23.3. The van der Waals surface area contributed by atoms with Crippen LogP contribution in [0.25, 0.3) is 0 Å². The monoisotopic (exact) mass is 530 g/mol. The number of esters is 1. The minimum absolute atomic E-state index is 0.0608. The number of carboxylic acid groups (broad SMARTS) is 1. The second kappa shape index (κ2) is 11.5. The highest BCUT2D eigenvalue weighted by molar-refractivity contribution is 5.98. The molecule has 39 heavy (non-hydrogen) atoms. The Morgan fingerprint density at radius 1 is 0.692 bits per heavy atom. The van der Waals surface area contributed by atoms with Crippen LogP contribution in [0.15, 0.2) is 42.5 Å². The zero-order valence-electron chi connectivity index (χ0n) is 23.3. The van der Waals surface area contributed by atoms with E-state index >= 15 is 0 Å². The molecule has 0 fully saturated rings. The molecule has 0 aromatic heterocycles. The zero-order chi connectivity index (χ0) is 28.3. The van der Waals surface area contributed by atoms with E-state index in [-0.39, 0.29) is 17.1 Å². The van der Waals surface area contributed by atoms with E-state index in [2.05, 4.69) is 0 Å². The van der Waals surface area contributed by atoms with Gasteiger partial charge in [0, 0.05) is 16.7 Å². The Bertz CT molecular complexity index is 1340. The molecule has 3 aromatic rings. The average Bonchev–Trinajstić information content (AvgIpc) is 3.19. The van der Waals surface area contributed by atoms with E-state index in [0.717, 1.165) is 59.1 Å². The molecule has 0 unspecified atom stereocenters. The number of cyclic esters (lactones) is 1. The number of phenolic OH excluding ortho intramolecular Hbond substituents is 2. The van der Waals surface area contributed by atoms with Gasteiger partial charge in [0.05, 0.1) is 11.1 Å². The molecule has 1 aliphatic heterocycles. The summed E-state index contributed by atoms with van der Waals surface area (Å²) in [5, 5.41) is 31.7. The van der Waals surface area contributed by atoms with Crippen LogP contribution in [0.1, 0.15) is 113 Å². The minimum atomic E-state index is -1.43. The molecular formula is C33H38O6. The van der Waals surface area contributed by atoms with Crippen LogP contribution in [-0.4, -0.2) is 27.3 Å². The quantitative estimate of drug-likeness (QED) is 0.229. The van der Waals surface area contributed by atoms with Crippen molar-refractivity contribution in [2.75, 3.05) is 0 Å². The predicted octanol–water partition coefficient (Wildman–Crippen LogP) is 7.07. The van der Waals surface area contributed by atoms with Crippen molar-refractivity contribution in [1.29, 1.82) is 0 Å². The Hall–Kier alpha value is -3.80. The van der Waals surface area contributed by atoms with E-state index in [4.69, 9.17) is 4.74 Å². The van der Waals surface area contributed by atoms with Gasteiger partial charge in [-0.05, 0) is 90.4 Å². The van der Waals surface area contributed by atoms with Crippen LogP contribution < -0.4 is 0 Å². The van der Waals surface area contributed by atoms with Crippen LogP contribution >= 0.6 is 0 Å². The van der Waals surface area contributed by atoms with Crippen LogP contribution in [0.5, 0.6) is 11.5 Å². The number of benzene rings is 3. The number of hydrogen-bond acceptors (Lipinski definition) is 5. The van der Waals surface area contributed by atoms with Crippen LogP contribution in [0.2, 0.25) is 0 Å². The summed E-state index contributed by atoms with van der Waals surface area (Å²) in [7, 11) is 0. The molecule has 3 aromatic carbocycles. The van der Waals surface area contributed by atoms with E-state index in [9.17, 15) is 24.9 Å². The first-order chi connectivity index (χ1) is 18.7. The maximum atomic E-state index is 13.5. The van der Waals surface area contributed by atoms with E-state index in [1.54, 1.807) is 18.2 Å². The van der Waals surface area contributed by atoms with Gasteiger partial charge in [-0.3, -0.25) is 0 Å². The molecule has 0 saturated heterocycles. The molecule has 0 amide bonds. The SMILES string of the molecule is CCCc1cc(C2(c3cc(CCC)c(O)cc3CCC)OC(=O)c3ccc(C(=O)O)cc32)c(CCC)cc1O. The second-order valence-corrected chi connectivity index (χ2v) is 10.4. The molecule has 1 aliphatic rings. The molecule has 0 saturated carbocycles. The number of aromatic carboxylic acids is 1. The van der Waals surface area contributed by atoms with Crippen molar-refractivity contribution >= 4 is 11.9 Å². The molecule has 206 valence electrons. The van der Waals surface area contributed by atoms with Gasteiger partial charge < -0.3 is 20.1 Å². The number of aryl methyl sites for hydroxylation is 4. The first kappa shape index (κ1) is 28.2. The van der Waals surface area contributed by atoms with Crippen molar-refractivity contribution in [1.82, 2.24) is 0 Å². The van der Waals surface area contributed by atoms with Crippen LogP contribution in [0, 0.1) is 0 Å². The van der Waals surface area contributed by atoms with Gasteiger partial charge in [0.2, 0.25) is 0 Å². The third-order valence-electron chi connectivity index (χ3n) is 7.56. The number of hydrogen-bond donors (Lipinski definition) is 3. The topological polar surface area (TPSA) is 104 Å². The Balaban J connectivity index is 2.21. The highest BCUT2D eigenvalue weighted by atomic mass is 16.6. The number of aromatic hydroxyl groups is 2. The number of carboxylic acids is 1. The van der Waals surface area contributed by atoms with Crippen molar-refractivity contribution in [3.63, 3.8) is 0 Å². The van der Waals surface area contributed by atoms with Gasteiger partial charge >= 0.3 is 11.9 Å². The number of carbonyl (C=O) groups excluding carboxylic acids is 1. The molecule has 0 aliphatic carbocycles. The highest BCUT2D eigenvalue weighted by Gasteiger charge is 2.51. The molecule has 4 rings (SSSR count). The number of fused-ring (bicyclic) bond motifs is 1. The fraction of sp³-hybridized carbons (Fsp3) is 0.394. The normalized spacial score (nSPS) is 13.8. The number of phenols is 2. The summed E-state index contributed by atoms with van der Waals surface area (Å²) < 4.78 is 6.45. The van der Waals surface area contributed by atoms with Crippen molar-refractivity contribution in [2.24, 2.45) is 0 Å². The molecule has 3 N–H and O–H groups in total. The molecule has 6 heteroatoms. The fourth-order valence-electron chi connectivity index (χ4n) is 5.84. The lowest BCUT2D eigenvalue weighted by atomic mass is 9.73. The van der Waals surface area contributed by atoms with E-state index < -0.39 is 17.5 Å². The van der Waals surface area contributed by atoms with Crippen molar-refractivity contribution < 1.29 is 29.6 Å². The van der Waals surface area contributed by atoms with E-state index in [1.807, 2.05) is 39.8 Å². The smallest absolute Gasteiger partial charge is 0.340 e. The lowest BCUT2D eigenvalue weighted by molar-refractivity contribution is 0.0246. The summed E-state index contributed by atoms with van der Waals surface area (Å²) >= 11 is 0. The maximum absolute atomic E-state index is 13.5. The van der Waals surface area contributed by atoms with Crippen LogP contribution in [-0.2, 0) is 36.0 Å². The standard InChI is InChI=1S/C33H38O6/c1-5-9-20-18-29(34)22(11-7-3)15-26(20)33(27-16-23(12-8-4)30(35)19-21(27)10-6-2)28-17-24(31(36)37)13-14-25(28)32(38)39-33/h13-19,34-35H,5-12H2,1-4H3,(H,36,37). The Kier molecular flexibility index (Phi) is 8.34. The lowest BCUT2D eigenvalue weighted by Gasteiger charge is -2.35. The fourth-order valence-corrected chi connectivity index (χ4v) is 5.84. The third kappa shape index (κ3) is 5.00. The van der Waals surface area contributed by atoms with Crippen LogP contribution in [0.4, 0.5) is 0 Å². The van der Waals surface area contributed by atoms with Gasteiger partial charge in [-0.1, -0.05) is 53.4 Å². The Morgan fingerprint density at radius 2 is 1.15 bits per heavy atom. The van der Waals surface area contributed by atoms with E-state index in [0.29, 0.717) is 36.8 Å². The van der Waals surface area contributed by atoms with Crippen molar-refractivity contribution in [3.8, 4) is 11.5 Å².